The molecule has 0 atom stereocenters. The molecule has 3 nitrogen and oxygen atoms in total. The zero-order valence-electron chi connectivity index (χ0n) is 41.6. The van der Waals surface area contributed by atoms with Crippen molar-refractivity contribution in [1.29, 1.82) is 0 Å². The maximum absolute atomic E-state index is 2.78. The minimum atomic E-state index is -0.0738. The van der Waals surface area contributed by atoms with Crippen LogP contribution in [-0.2, 0) is 23.7 Å². The molecule has 0 radical (unpaired) electrons. The van der Waals surface area contributed by atoms with E-state index in [0.717, 1.165) is 38.5 Å². The summed E-state index contributed by atoms with van der Waals surface area (Å²) in [5.74, 6) is 0. The summed E-state index contributed by atoms with van der Waals surface area (Å²) < 4.78 is 4.99. The Bertz CT molecular complexity index is 3530. The van der Waals surface area contributed by atoms with Crippen molar-refractivity contribution < 1.29 is 0 Å². The van der Waals surface area contributed by atoms with Crippen LogP contribution in [0.4, 0.5) is 17.1 Å². The van der Waals surface area contributed by atoms with E-state index in [1.54, 1.807) is 0 Å². The van der Waals surface area contributed by atoms with E-state index in [1.807, 2.05) is 11.8 Å². The normalized spacial score (nSPS) is 13.4. The second-order valence-electron chi connectivity index (χ2n) is 21.8. The molecule has 0 unspecified atom stereocenters. The molecule has 0 fully saturated rings. The topological polar surface area (TPSA) is 13.1 Å². The maximum atomic E-state index is 2.78. The van der Waals surface area contributed by atoms with Gasteiger partial charge in [-0.25, -0.2) is 0 Å². The minimum absolute atomic E-state index is 0.0266. The Morgan fingerprint density at radius 2 is 0.899 bits per heavy atom. The van der Waals surface area contributed by atoms with Crippen LogP contribution in [-0.4, -0.2) is 15.8 Å². The van der Waals surface area contributed by atoms with Crippen molar-refractivity contribution in [1.82, 2.24) is 9.13 Å². The first-order valence-electron chi connectivity index (χ1n) is 25.5. The van der Waals surface area contributed by atoms with Gasteiger partial charge in [0.15, 0.2) is 0 Å². The van der Waals surface area contributed by atoms with Crippen LogP contribution in [0.2, 0.25) is 0 Å². The van der Waals surface area contributed by atoms with Crippen LogP contribution in [0.25, 0.3) is 55.0 Å². The van der Waals surface area contributed by atoms with Crippen molar-refractivity contribution in [2.45, 2.75) is 115 Å². The van der Waals surface area contributed by atoms with Crippen LogP contribution < -0.4 is 21.3 Å². The first-order valence-corrected chi connectivity index (χ1v) is 26.3. The molecule has 2 aliphatic rings. The summed E-state index contributed by atoms with van der Waals surface area (Å²) >= 11 is 1.98. The highest BCUT2D eigenvalue weighted by Crippen LogP contribution is 2.48. The van der Waals surface area contributed by atoms with Crippen molar-refractivity contribution in [3.05, 3.63) is 180 Å². The summed E-state index contributed by atoms with van der Waals surface area (Å²) in [5.41, 5.74) is 21.2. The lowest BCUT2D eigenvalue weighted by molar-refractivity contribution is 0.587. The standard InChI is InChI=1S/C64H62BN3S/c1-9-11-21-41-35-43(63(3,4)5)36-42(22-12-10-2)62(41)68-57-39-45(66-53-27-17-13-23-47(53)48-24-14-18-28-54(48)66)31-33-51(57)65-52-34-32-46(67-55-29-19-15-25-49(55)50-26-16-20-30-56(50)67)40-59(52)69-60-38-44(64(6,7)8)37-58(68)61(60)65/h13-20,23-40H,9-12,21-22H2,1-8H3. The van der Waals surface area contributed by atoms with E-state index >= 15 is 0 Å². The third-order valence-corrected chi connectivity index (χ3v) is 16.4. The second kappa shape index (κ2) is 16.6. The summed E-state index contributed by atoms with van der Waals surface area (Å²) in [6.45, 7) is 19.1. The molecule has 0 amide bonds. The van der Waals surface area contributed by atoms with Crippen LogP contribution in [0, 0.1) is 0 Å². The van der Waals surface area contributed by atoms with Gasteiger partial charge in [0.1, 0.15) is 0 Å². The third-order valence-electron chi connectivity index (χ3n) is 15.2. The molecule has 0 saturated heterocycles. The van der Waals surface area contributed by atoms with Crippen molar-refractivity contribution in [3.8, 4) is 11.4 Å². The van der Waals surface area contributed by atoms with Crippen LogP contribution in [0.3, 0.4) is 0 Å². The SMILES string of the molecule is CCCCc1cc(C(C)(C)C)cc(CCCC)c1N1c2cc(-n3c4ccccc4c4ccccc43)ccc2B2c3ccc(-n4c5ccccc5c5ccccc54)cc3Sc3cc(C(C)(C)C)cc1c32. The predicted octanol–water partition coefficient (Wildman–Crippen LogP) is 15.9. The molecule has 0 saturated carbocycles. The van der Waals surface area contributed by atoms with Gasteiger partial charge in [0.25, 0.3) is 0 Å². The van der Waals surface area contributed by atoms with Gasteiger partial charge in [-0.3, -0.25) is 0 Å². The summed E-state index contributed by atoms with van der Waals surface area (Å²) in [6.07, 6.45) is 6.69. The number of rotatable bonds is 9. The highest BCUT2D eigenvalue weighted by atomic mass is 32.2. The largest absolute Gasteiger partial charge is 0.311 e. The highest BCUT2D eigenvalue weighted by Gasteiger charge is 2.43. The van der Waals surface area contributed by atoms with Crippen molar-refractivity contribution in [2.75, 3.05) is 4.90 Å². The number of anilines is 3. The summed E-state index contributed by atoms with van der Waals surface area (Å²) in [4.78, 5) is 5.47. The van der Waals surface area contributed by atoms with Crippen LogP contribution in [0.5, 0.6) is 0 Å². The van der Waals surface area contributed by atoms with Crippen molar-refractivity contribution in [3.63, 3.8) is 0 Å². The van der Waals surface area contributed by atoms with E-state index in [0.29, 0.717) is 0 Å². The Labute approximate surface area is 413 Å². The molecule has 0 N–H and O–H groups in total. The zero-order chi connectivity index (χ0) is 47.3. The molecule has 4 heterocycles. The number of para-hydroxylation sites is 4. The molecule has 0 spiro atoms. The van der Waals surface area contributed by atoms with Gasteiger partial charge in [0.05, 0.1) is 27.8 Å². The summed E-state index contributed by atoms with van der Waals surface area (Å²) in [7, 11) is 0. The maximum Gasteiger partial charge on any atom is 0.249 e. The lowest BCUT2D eigenvalue weighted by Gasteiger charge is -2.43. The van der Waals surface area contributed by atoms with Gasteiger partial charge in [0.2, 0.25) is 6.71 Å². The van der Waals surface area contributed by atoms with Crippen LogP contribution in [0.15, 0.2) is 168 Å². The third kappa shape index (κ3) is 7.09. The van der Waals surface area contributed by atoms with E-state index < -0.39 is 0 Å². The Morgan fingerprint density at radius 3 is 1.38 bits per heavy atom. The number of hydrogen-bond acceptors (Lipinski definition) is 2. The number of hydrogen-bond donors (Lipinski definition) is 0. The molecule has 12 rings (SSSR count). The van der Waals surface area contributed by atoms with Crippen LogP contribution in [0.1, 0.15) is 103 Å². The van der Waals surface area contributed by atoms with Gasteiger partial charge < -0.3 is 14.0 Å². The van der Waals surface area contributed by atoms with E-state index in [2.05, 4.69) is 227 Å². The van der Waals surface area contributed by atoms with Crippen molar-refractivity contribution >= 4 is 95.5 Å². The number of fused-ring (bicyclic) bond motifs is 10. The Kier molecular flexibility index (Phi) is 10.6. The van der Waals surface area contributed by atoms with E-state index in [-0.39, 0.29) is 17.5 Å². The molecule has 2 aliphatic heterocycles. The smallest absolute Gasteiger partial charge is 0.249 e. The monoisotopic (exact) mass is 915 g/mol. The average Bonchev–Trinajstić information content (AvgIpc) is 3.87. The fourth-order valence-electron chi connectivity index (χ4n) is 11.7. The number of benzene rings is 8. The summed E-state index contributed by atoms with van der Waals surface area (Å²) in [6, 6.07) is 60.8. The Balaban J connectivity index is 1.17. The molecule has 5 heteroatoms. The average molecular weight is 916 g/mol. The van der Waals surface area contributed by atoms with Gasteiger partial charge in [-0.1, -0.05) is 183 Å². The quantitative estimate of drug-likeness (QED) is 0.134. The van der Waals surface area contributed by atoms with Crippen molar-refractivity contribution in [2.24, 2.45) is 0 Å². The first-order chi connectivity index (χ1) is 33.4. The van der Waals surface area contributed by atoms with Crippen LogP contribution >= 0.6 is 11.8 Å². The number of unbranched alkanes of at least 4 members (excludes halogenated alkanes) is 2. The van der Waals surface area contributed by atoms with Gasteiger partial charge in [-0.15, -0.1) is 0 Å². The highest BCUT2D eigenvalue weighted by molar-refractivity contribution is 8.00. The molecule has 10 aromatic rings. The number of nitrogens with zero attached hydrogens (tertiary/aromatic N) is 3. The lowest BCUT2D eigenvalue weighted by Crippen LogP contribution is -2.60. The molecule has 0 bridgehead atoms. The molecule has 2 aromatic heterocycles. The molecule has 342 valence electrons. The molecular formula is C64H62BN3S. The molecule has 69 heavy (non-hydrogen) atoms. The van der Waals surface area contributed by atoms with Gasteiger partial charge in [0, 0.05) is 54.1 Å². The number of aryl methyl sites for hydroxylation is 2. The lowest BCUT2D eigenvalue weighted by atomic mass is 9.34. The molecule has 0 aliphatic carbocycles. The fraction of sp³-hybridized carbons (Fsp3) is 0.250. The zero-order valence-corrected chi connectivity index (χ0v) is 42.4. The van der Waals surface area contributed by atoms with E-state index in [4.69, 9.17) is 0 Å². The molecular weight excluding hydrogens is 854 g/mol. The van der Waals surface area contributed by atoms with E-state index in [9.17, 15) is 0 Å². The summed E-state index contributed by atoms with van der Waals surface area (Å²) in [5, 5.41) is 5.14. The van der Waals surface area contributed by atoms with Gasteiger partial charge >= 0.3 is 0 Å². The first kappa shape index (κ1) is 43.8. The van der Waals surface area contributed by atoms with Gasteiger partial charge in [-0.05, 0) is 130 Å². The Hall–Kier alpha value is -6.43. The predicted molar refractivity (Wildman–Crippen MR) is 300 cm³/mol. The number of aromatic nitrogens is 2. The Morgan fingerprint density at radius 1 is 0.449 bits per heavy atom. The van der Waals surface area contributed by atoms with Gasteiger partial charge in [-0.2, -0.15) is 0 Å². The fourth-order valence-corrected chi connectivity index (χ4v) is 12.9. The second-order valence-corrected chi connectivity index (χ2v) is 22.9. The molecule has 8 aromatic carbocycles. The van der Waals surface area contributed by atoms with E-state index in [1.165, 1.54) is 120 Å². The minimum Gasteiger partial charge on any atom is -0.311 e.